The van der Waals surface area contributed by atoms with Gasteiger partial charge in [-0.1, -0.05) is 43.7 Å². The number of hydrogen-bond donors (Lipinski definition) is 1. The molecule has 0 spiro atoms. The quantitative estimate of drug-likeness (QED) is 0.865. The molecule has 0 aromatic heterocycles. The first kappa shape index (κ1) is 13.7. The summed E-state index contributed by atoms with van der Waals surface area (Å²) in [5.74, 6) is 0.170. The van der Waals surface area contributed by atoms with Crippen LogP contribution in [0.15, 0.2) is 24.3 Å². The van der Waals surface area contributed by atoms with Crippen LogP contribution in [0.1, 0.15) is 25.0 Å². The zero-order valence-electron chi connectivity index (χ0n) is 11.1. The van der Waals surface area contributed by atoms with Crippen LogP contribution >= 0.6 is 0 Å². The molecule has 0 radical (unpaired) electrons. The highest BCUT2D eigenvalue weighted by Crippen LogP contribution is 2.08. The minimum atomic E-state index is -0.412. The summed E-state index contributed by atoms with van der Waals surface area (Å²) in [4.78, 5) is 13.6. The number of amides is 1. The van der Waals surface area contributed by atoms with Crippen molar-refractivity contribution in [3.05, 3.63) is 35.4 Å². The van der Waals surface area contributed by atoms with Gasteiger partial charge in [0.15, 0.2) is 0 Å². The predicted octanol–water partition coefficient (Wildman–Crippen LogP) is 1.94. The van der Waals surface area contributed by atoms with Crippen molar-refractivity contribution in [3.8, 4) is 0 Å². The highest BCUT2D eigenvalue weighted by atomic mass is 16.2. The summed E-state index contributed by atoms with van der Waals surface area (Å²) in [5.41, 5.74) is 8.20. The van der Waals surface area contributed by atoms with E-state index >= 15 is 0 Å². The minimum Gasteiger partial charge on any atom is -0.340 e. The van der Waals surface area contributed by atoms with Crippen LogP contribution in [0.25, 0.3) is 0 Å². The maximum Gasteiger partial charge on any atom is 0.239 e. The van der Waals surface area contributed by atoms with Gasteiger partial charge in [0.2, 0.25) is 5.91 Å². The van der Waals surface area contributed by atoms with E-state index in [1.54, 1.807) is 11.9 Å². The normalized spacial score (nSPS) is 12.6. The lowest BCUT2D eigenvalue weighted by molar-refractivity contribution is -0.132. The van der Waals surface area contributed by atoms with Gasteiger partial charge in [-0.05, 0) is 18.4 Å². The minimum absolute atomic E-state index is 0.000532. The SMILES string of the molecule is Cc1ccc(CN(C)C(=O)C(N)C(C)C)cc1. The standard InChI is InChI=1S/C14H22N2O/c1-10(2)13(15)14(17)16(4)9-12-7-5-11(3)6-8-12/h5-8,10,13H,9,15H2,1-4H3. The third-order valence-electron chi connectivity index (χ3n) is 2.92. The molecule has 1 aromatic carbocycles. The first-order chi connectivity index (χ1) is 7.91. The number of rotatable bonds is 4. The molecule has 1 atom stereocenters. The molecule has 3 heteroatoms. The zero-order chi connectivity index (χ0) is 13.0. The fraction of sp³-hybridized carbons (Fsp3) is 0.500. The summed E-state index contributed by atoms with van der Waals surface area (Å²) >= 11 is 0. The van der Waals surface area contributed by atoms with Gasteiger partial charge in [0, 0.05) is 13.6 Å². The van der Waals surface area contributed by atoms with E-state index in [1.807, 2.05) is 32.9 Å². The summed E-state index contributed by atoms with van der Waals surface area (Å²) in [6, 6.07) is 7.77. The van der Waals surface area contributed by atoms with Crippen molar-refractivity contribution in [2.24, 2.45) is 11.7 Å². The molecule has 1 rings (SSSR count). The largest absolute Gasteiger partial charge is 0.340 e. The van der Waals surface area contributed by atoms with Crippen LogP contribution in [-0.2, 0) is 11.3 Å². The van der Waals surface area contributed by atoms with E-state index in [-0.39, 0.29) is 11.8 Å². The molecule has 1 amide bonds. The van der Waals surface area contributed by atoms with Crippen LogP contribution in [0.5, 0.6) is 0 Å². The smallest absolute Gasteiger partial charge is 0.239 e. The summed E-state index contributed by atoms with van der Waals surface area (Å²) in [6.45, 7) is 6.58. The monoisotopic (exact) mass is 234 g/mol. The summed E-state index contributed by atoms with van der Waals surface area (Å²) in [6.07, 6.45) is 0. The number of nitrogens with two attached hydrogens (primary N) is 1. The van der Waals surface area contributed by atoms with E-state index in [0.29, 0.717) is 6.54 Å². The Hall–Kier alpha value is -1.35. The third kappa shape index (κ3) is 3.86. The molecule has 0 aliphatic carbocycles. The second kappa shape index (κ2) is 5.82. The molecular formula is C14H22N2O. The van der Waals surface area contributed by atoms with E-state index in [1.165, 1.54) is 5.56 Å². The van der Waals surface area contributed by atoms with Gasteiger partial charge in [-0.2, -0.15) is 0 Å². The lowest BCUT2D eigenvalue weighted by Crippen LogP contribution is -2.44. The molecule has 0 heterocycles. The van der Waals surface area contributed by atoms with Crippen molar-refractivity contribution >= 4 is 5.91 Å². The molecule has 3 nitrogen and oxygen atoms in total. The maximum absolute atomic E-state index is 12.0. The van der Waals surface area contributed by atoms with Crippen molar-refractivity contribution < 1.29 is 4.79 Å². The molecule has 1 aromatic rings. The van der Waals surface area contributed by atoms with E-state index in [0.717, 1.165) is 5.56 Å². The number of carbonyl (C=O) groups excluding carboxylic acids is 1. The van der Waals surface area contributed by atoms with Crippen molar-refractivity contribution in [3.63, 3.8) is 0 Å². The van der Waals surface area contributed by atoms with Gasteiger partial charge in [-0.25, -0.2) is 0 Å². The Bertz CT molecular complexity index is 370. The number of aryl methyl sites for hydroxylation is 1. The molecule has 0 saturated carbocycles. The van der Waals surface area contributed by atoms with Gasteiger partial charge in [0.05, 0.1) is 6.04 Å². The fourth-order valence-electron chi connectivity index (χ4n) is 1.58. The second-order valence-corrected chi connectivity index (χ2v) is 4.95. The third-order valence-corrected chi connectivity index (χ3v) is 2.92. The van der Waals surface area contributed by atoms with E-state index in [9.17, 15) is 4.79 Å². The molecule has 0 aliphatic rings. The van der Waals surface area contributed by atoms with Crippen molar-refractivity contribution in [2.75, 3.05) is 7.05 Å². The van der Waals surface area contributed by atoms with Crippen LogP contribution in [0.2, 0.25) is 0 Å². The van der Waals surface area contributed by atoms with Crippen LogP contribution in [0.3, 0.4) is 0 Å². The topological polar surface area (TPSA) is 46.3 Å². The Kier molecular flexibility index (Phi) is 4.70. The second-order valence-electron chi connectivity index (χ2n) is 4.95. The zero-order valence-corrected chi connectivity index (χ0v) is 11.1. The van der Waals surface area contributed by atoms with Crippen LogP contribution in [0.4, 0.5) is 0 Å². The molecular weight excluding hydrogens is 212 g/mol. The molecule has 1 unspecified atom stereocenters. The van der Waals surface area contributed by atoms with E-state index in [4.69, 9.17) is 5.73 Å². The highest BCUT2D eigenvalue weighted by molar-refractivity contribution is 5.81. The Morgan fingerprint density at radius 2 is 1.82 bits per heavy atom. The molecule has 0 aliphatic heterocycles. The Balaban J connectivity index is 2.63. The van der Waals surface area contributed by atoms with Crippen molar-refractivity contribution in [1.82, 2.24) is 4.90 Å². The molecule has 0 saturated heterocycles. The molecule has 2 N–H and O–H groups in total. The van der Waals surface area contributed by atoms with Gasteiger partial charge in [-0.15, -0.1) is 0 Å². The van der Waals surface area contributed by atoms with Crippen LogP contribution in [0, 0.1) is 12.8 Å². The number of likely N-dealkylation sites (N-methyl/N-ethyl adjacent to an activating group) is 1. The number of hydrogen-bond acceptors (Lipinski definition) is 2. The maximum atomic E-state index is 12.0. The van der Waals surface area contributed by atoms with Gasteiger partial charge in [0.25, 0.3) is 0 Å². The molecule has 17 heavy (non-hydrogen) atoms. The number of benzene rings is 1. The summed E-state index contributed by atoms with van der Waals surface area (Å²) < 4.78 is 0. The summed E-state index contributed by atoms with van der Waals surface area (Å²) in [7, 11) is 1.80. The van der Waals surface area contributed by atoms with Crippen molar-refractivity contribution in [2.45, 2.75) is 33.4 Å². The average Bonchev–Trinajstić information content (AvgIpc) is 2.30. The lowest BCUT2D eigenvalue weighted by Gasteiger charge is -2.23. The molecule has 94 valence electrons. The lowest BCUT2D eigenvalue weighted by atomic mass is 10.0. The fourth-order valence-corrected chi connectivity index (χ4v) is 1.58. The van der Waals surface area contributed by atoms with Crippen molar-refractivity contribution in [1.29, 1.82) is 0 Å². The average molecular weight is 234 g/mol. The predicted molar refractivity (Wildman–Crippen MR) is 70.5 cm³/mol. The summed E-state index contributed by atoms with van der Waals surface area (Å²) in [5, 5.41) is 0. The molecule has 0 bridgehead atoms. The Morgan fingerprint density at radius 3 is 2.29 bits per heavy atom. The van der Waals surface area contributed by atoms with Crippen LogP contribution in [-0.4, -0.2) is 23.9 Å². The number of carbonyl (C=O) groups is 1. The first-order valence-electron chi connectivity index (χ1n) is 5.98. The van der Waals surface area contributed by atoms with Gasteiger partial charge in [0.1, 0.15) is 0 Å². The van der Waals surface area contributed by atoms with E-state index in [2.05, 4.69) is 12.1 Å². The van der Waals surface area contributed by atoms with Gasteiger partial charge >= 0.3 is 0 Å². The highest BCUT2D eigenvalue weighted by Gasteiger charge is 2.20. The number of nitrogens with zero attached hydrogens (tertiary/aromatic N) is 1. The molecule has 0 fully saturated rings. The Labute approximate surface area is 104 Å². The van der Waals surface area contributed by atoms with Gasteiger partial charge < -0.3 is 10.6 Å². The van der Waals surface area contributed by atoms with Gasteiger partial charge in [-0.3, -0.25) is 4.79 Å². The Morgan fingerprint density at radius 1 is 1.29 bits per heavy atom. The first-order valence-corrected chi connectivity index (χ1v) is 5.98. The van der Waals surface area contributed by atoms with Crippen LogP contribution < -0.4 is 5.73 Å². The van der Waals surface area contributed by atoms with E-state index < -0.39 is 6.04 Å².